The Balaban J connectivity index is 1.75. The lowest BCUT2D eigenvalue weighted by Crippen LogP contribution is -2.13. The van der Waals surface area contributed by atoms with Crippen molar-refractivity contribution in [2.24, 2.45) is 0 Å². The predicted molar refractivity (Wildman–Crippen MR) is 120 cm³/mol. The number of ketones is 1. The molecule has 0 saturated carbocycles. The Hall–Kier alpha value is -3.82. The van der Waals surface area contributed by atoms with Gasteiger partial charge in [-0.2, -0.15) is 18.3 Å². The molecule has 0 unspecified atom stereocenters. The number of carbonyl (C=O) groups is 1. The van der Waals surface area contributed by atoms with E-state index >= 15 is 0 Å². The Labute approximate surface area is 193 Å². The summed E-state index contributed by atoms with van der Waals surface area (Å²) in [4.78, 5) is 17.1. The highest BCUT2D eigenvalue weighted by atomic mass is 19.4. The lowest BCUT2D eigenvalue weighted by Gasteiger charge is -2.16. The lowest BCUT2D eigenvalue weighted by atomic mass is 10.0. The first-order valence-electron chi connectivity index (χ1n) is 10.5. The van der Waals surface area contributed by atoms with E-state index in [4.69, 9.17) is 9.47 Å². The number of alkyl halides is 3. The van der Waals surface area contributed by atoms with Crippen molar-refractivity contribution in [1.29, 1.82) is 0 Å². The second-order valence-corrected chi connectivity index (χ2v) is 7.89. The van der Waals surface area contributed by atoms with Crippen molar-refractivity contribution in [2.45, 2.75) is 32.9 Å². The molecule has 2 heterocycles. The smallest absolute Gasteiger partial charge is 0.389 e. The largest absolute Gasteiger partial charge is 0.496 e. The average molecular weight is 472 g/mol. The van der Waals surface area contributed by atoms with Gasteiger partial charge >= 0.3 is 6.18 Å². The van der Waals surface area contributed by atoms with Gasteiger partial charge in [0, 0.05) is 24.2 Å². The van der Waals surface area contributed by atoms with Crippen molar-refractivity contribution in [3.63, 3.8) is 0 Å². The van der Waals surface area contributed by atoms with Crippen LogP contribution in [-0.4, -0.2) is 45.5 Å². The fourth-order valence-corrected chi connectivity index (χ4v) is 3.92. The van der Waals surface area contributed by atoms with Crippen LogP contribution in [0.15, 0.2) is 42.7 Å². The molecule has 0 saturated heterocycles. The number of rotatable bonds is 7. The van der Waals surface area contributed by atoms with Crippen molar-refractivity contribution in [3.8, 4) is 22.9 Å². The Morgan fingerprint density at radius 3 is 2.24 bits per heavy atom. The van der Waals surface area contributed by atoms with Crippen LogP contribution in [-0.2, 0) is 0 Å². The molecule has 7 nitrogen and oxygen atoms in total. The molecule has 0 atom stereocenters. The molecule has 2 aromatic carbocycles. The number of aryl methyl sites for hydroxylation is 2. The number of halogens is 3. The van der Waals surface area contributed by atoms with Crippen LogP contribution in [0.3, 0.4) is 0 Å². The van der Waals surface area contributed by atoms with Gasteiger partial charge in [0.15, 0.2) is 5.78 Å². The molecule has 2 aromatic heterocycles. The SMILES string of the molecule is COc1cc(-n2cnc3cc(-n4nc(C)cc4C)ccc32)cc(OC)c1C(=O)CCC(F)(F)F. The molecular formula is C24H23F3N4O3. The molecule has 0 aliphatic rings. The monoisotopic (exact) mass is 472 g/mol. The van der Waals surface area contributed by atoms with Gasteiger partial charge < -0.3 is 9.47 Å². The van der Waals surface area contributed by atoms with E-state index < -0.39 is 24.8 Å². The summed E-state index contributed by atoms with van der Waals surface area (Å²) >= 11 is 0. The van der Waals surface area contributed by atoms with E-state index in [1.54, 1.807) is 23.0 Å². The van der Waals surface area contributed by atoms with Crippen LogP contribution >= 0.6 is 0 Å². The molecule has 0 aliphatic carbocycles. The number of benzene rings is 2. The zero-order chi connectivity index (χ0) is 24.6. The Kier molecular flexibility index (Phi) is 6.07. The van der Waals surface area contributed by atoms with Crippen LogP contribution in [0.25, 0.3) is 22.4 Å². The molecule has 4 aromatic rings. The molecule has 4 rings (SSSR count). The number of fused-ring (bicyclic) bond motifs is 1. The standard InChI is InChI=1S/C24H23F3N4O3/c1-14-9-15(2)31(29-14)16-5-6-19-18(10-16)28-13-30(19)17-11-21(33-3)23(22(12-17)34-4)20(32)7-8-24(25,26)27/h5-6,9-13H,7-8H2,1-4H3. The third-order valence-electron chi connectivity index (χ3n) is 5.47. The number of methoxy groups -OCH3 is 2. The van der Waals surface area contributed by atoms with Gasteiger partial charge in [0.25, 0.3) is 0 Å². The van der Waals surface area contributed by atoms with Gasteiger partial charge in [-0.05, 0) is 38.1 Å². The van der Waals surface area contributed by atoms with Crippen molar-refractivity contribution in [2.75, 3.05) is 14.2 Å². The van der Waals surface area contributed by atoms with Crippen LogP contribution in [0.5, 0.6) is 11.5 Å². The van der Waals surface area contributed by atoms with Crippen molar-refractivity contribution >= 4 is 16.8 Å². The summed E-state index contributed by atoms with van der Waals surface area (Å²) in [5.41, 5.74) is 4.84. The number of ether oxygens (including phenoxy) is 2. The summed E-state index contributed by atoms with van der Waals surface area (Å²) < 4.78 is 52.2. The number of imidazole rings is 1. The maximum Gasteiger partial charge on any atom is 0.389 e. The molecule has 34 heavy (non-hydrogen) atoms. The van der Waals surface area contributed by atoms with Crippen LogP contribution in [0.4, 0.5) is 13.2 Å². The highest BCUT2D eigenvalue weighted by Gasteiger charge is 2.30. The molecule has 0 aliphatic heterocycles. The number of nitrogens with zero attached hydrogens (tertiary/aromatic N) is 4. The van der Waals surface area contributed by atoms with Crippen LogP contribution in [0.2, 0.25) is 0 Å². The summed E-state index contributed by atoms with van der Waals surface area (Å²) in [6, 6.07) is 10.9. The minimum Gasteiger partial charge on any atom is -0.496 e. The molecule has 0 spiro atoms. The van der Waals surface area contributed by atoms with Crippen molar-refractivity contribution in [3.05, 3.63) is 59.7 Å². The van der Waals surface area contributed by atoms with Gasteiger partial charge in [-0.15, -0.1) is 0 Å². The van der Waals surface area contributed by atoms with E-state index in [0.29, 0.717) is 11.2 Å². The lowest BCUT2D eigenvalue weighted by molar-refractivity contribution is -0.133. The number of Topliss-reactive ketones (excluding diaryl/α,β-unsaturated/α-hetero) is 1. The third kappa shape index (κ3) is 4.48. The molecule has 0 amide bonds. The number of aromatic nitrogens is 4. The normalized spacial score (nSPS) is 11.7. The average Bonchev–Trinajstić information content (AvgIpc) is 3.37. The summed E-state index contributed by atoms with van der Waals surface area (Å²) in [5, 5.41) is 4.50. The summed E-state index contributed by atoms with van der Waals surface area (Å²) in [7, 11) is 2.71. The topological polar surface area (TPSA) is 71.2 Å². The summed E-state index contributed by atoms with van der Waals surface area (Å²) in [6.45, 7) is 3.90. The minimum absolute atomic E-state index is 0.0192. The zero-order valence-corrected chi connectivity index (χ0v) is 19.1. The van der Waals surface area contributed by atoms with E-state index in [2.05, 4.69) is 10.1 Å². The van der Waals surface area contributed by atoms with Gasteiger partial charge in [-0.25, -0.2) is 9.67 Å². The molecule has 0 fully saturated rings. The quantitative estimate of drug-likeness (QED) is 0.338. The van der Waals surface area contributed by atoms with Crippen LogP contribution in [0.1, 0.15) is 34.6 Å². The maximum absolute atomic E-state index is 12.6. The second-order valence-electron chi connectivity index (χ2n) is 7.89. The van der Waals surface area contributed by atoms with Crippen molar-refractivity contribution < 1.29 is 27.4 Å². The first-order valence-corrected chi connectivity index (χ1v) is 10.5. The third-order valence-corrected chi connectivity index (χ3v) is 5.47. The fraction of sp³-hybridized carbons (Fsp3) is 0.292. The summed E-state index contributed by atoms with van der Waals surface area (Å²) in [6.07, 6.45) is -4.73. The zero-order valence-electron chi connectivity index (χ0n) is 19.1. The first kappa shape index (κ1) is 23.3. The Morgan fingerprint density at radius 2 is 1.68 bits per heavy atom. The molecule has 178 valence electrons. The van der Waals surface area contributed by atoms with E-state index in [1.165, 1.54) is 14.2 Å². The van der Waals surface area contributed by atoms with Gasteiger partial charge in [-0.1, -0.05) is 0 Å². The molecule has 0 radical (unpaired) electrons. The Morgan fingerprint density at radius 1 is 1.00 bits per heavy atom. The van der Waals surface area contributed by atoms with Crippen LogP contribution < -0.4 is 9.47 Å². The van der Waals surface area contributed by atoms with E-state index in [1.807, 2.05) is 42.8 Å². The van der Waals surface area contributed by atoms with Crippen molar-refractivity contribution in [1.82, 2.24) is 19.3 Å². The summed E-state index contributed by atoms with van der Waals surface area (Å²) in [5.74, 6) is -0.451. The predicted octanol–water partition coefficient (Wildman–Crippen LogP) is 5.37. The highest BCUT2D eigenvalue weighted by molar-refractivity contribution is 6.02. The minimum atomic E-state index is -4.43. The number of hydrogen-bond acceptors (Lipinski definition) is 5. The molecule has 0 N–H and O–H groups in total. The van der Waals surface area contributed by atoms with Crippen LogP contribution in [0, 0.1) is 13.8 Å². The van der Waals surface area contributed by atoms with E-state index in [9.17, 15) is 18.0 Å². The van der Waals surface area contributed by atoms with E-state index in [0.717, 1.165) is 22.6 Å². The van der Waals surface area contributed by atoms with Gasteiger partial charge in [-0.3, -0.25) is 9.36 Å². The second kappa shape index (κ2) is 8.85. The maximum atomic E-state index is 12.6. The van der Waals surface area contributed by atoms with E-state index in [-0.39, 0.29) is 17.1 Å². The number of hydrogen-bond donors (Lipinski definition) is 0. The number of carbonyl (C=O) groups excluding carboxylic acids is 1. The van der Waals surface area contributed by atoms with Gasteiger partial charge in [0.2, 0.25) is 0 Å². The van der Waals surface area contributed by atoms with Gasteiger partial charge in [0.1, 0.15) is 23.4 Å². The Bertz CT molecular complexity index is 1350. The highest BCUT2D eigenvalue weighted by Crippen LogP contribution is 2.35. The fourth-order valence-electron chi connectivity index (χ4n) is 3.92. The molecule has 0 bridgehead atoms. The van der Waals surface area contributed by atoms with Gasteiger partial charge in [0.05, 0.1) is 48.7 Å². The molecule has 10 heteroatoms. The molecular weight excluding hydrogens is 449 g/mol. The first-order chi connectivity index (χ1) is 16.1.